The topological polar surface area (TPSA) is 254 Å². The number of hydrogen-bond acceptors (Lipinski definition) is 16. The first-order chi connectivity index (χ1) is 37.0. The van der Waals surface area contributed by atoms with Crippen molar-refractivity contribution in [3.05, 3.63) is 145 Å². The van der Waals surface area contributed by atoms with Gasteiger partial charge in [0.2, 0.25) is 10.0 Å². The van der Waals surface area contributed by atoms with Crippen LogP contribution in [0.5, 0.6) is 5.75 Å². The molecule has 6 aromatic rings. The average Bonchev–Trinajstić information content (AvgIpc) is 4.00. The van der Waals surface area contributed by atoms with Gasteiger partial charge in [-0.25, -0.2) is 25.3 Å². The lowest BCUT2D eigenvalue weighted by molar-refractivity contribution is 0.360. The third-order valence-corrected chi connectivity index (χ3v) is 18.5. The van der Waals surface area contributed by atoms with Gasteiger partial charge in [-0.1, -0.05) is 54.6 Å². The van der Waals surface area contributed by atoms with E-state index in [9.17, 15) is 25.3 Å². The summed E-state index contributed by atoms with van der Waals surface area (Å²) < 4.78 is 88.6. The molecule has 3 fully saturated rings. The van der Waals surface area contributed by atoms with Crippen molar-refractivity contribution in [2.45, 2.75) is 40.5 Å². The molecule has 6 aromatic carbocycles. The molecule has 0 saturated carbocycles. The maximum atomic E-state index is 13.1. The highest BCUT2D eigenvalue weighted by Gasteiger charge is 2.29. The van der Waals surface area contributed by atoms with Crippen molar-refractivity contribution < 1.29 is 30.0 Å². The number of fused-ring (bicyclic) bond motifs is 1. The predicted octanol–water partition coefficient (Wildman–Crippen LogP) is 7.62. The minimum atomic E-state index is -3.76. The molecule has 0 bridgehead atoms. The van der Waals surface area contributed by atoms with Crippen LogP contribution in [-0.2, 0) is 43.0 Å². The Morgan fingerprint density at radius 3 is 1.54 bits per heavy atom. The molecule has 0 radical (unpaired) electrons. The fraction of sp³-hybridized carbons (Fsp3) is 0.345. The quantitative estimate of drug-likeness (QED) is 0.0582. The van der Waals surface area contributed by atoms with Crippen LogP contribution in [0.4, 0.5) is 45.5 Å². The molecule has 0 aliphatic carbocycles. The van der Waals surface area contributed by atoms with Gasteiger partial charge in [0.05, 0.1) is 61.6 Å². The Morgan fingerprint density at radius 1 is 0.476 bits per heavy atom. The average molecular weight is 1290 g/mol. The fourth-order valence-corrected chi connectivity index (χ4v) is 13.4. The number of sulfonamides is 3. The molecular weight excluding hydrogens is 1210 g/mol. The second-order valence-corrected chi connectivity index (χ2v) is 24.6. The number of benzene rings is 6. The summed E-state index contributed by atoms with van der Waals surface area (Å²) in [7, 11) is -7.37. The molecule has 27 heteroatoms. The molecule has 82 heavy (non-hydrogen) atoms. The minimum absolute atomic E-state index is 0. The van der Waals surface area contributed by atoms with E-state index in [1.807, 2.05) is 30.3 Å². The Morgan fingerprint density at radius 2 is 0.951 bits per heavy atom. The lowest BCUT2D eigenvalue weighted by Gasteiger charge is -2.30. The number of para-hydroxylation sites is 3. The summed E-state index contributed by atoms with van der Waals surface area (Å²) in [5, 5.41) is 6.65. The second-order valence-electron chi connectivity index (χ2n) is 19.3. The number of anilines is 8. The zero-order valence-corrected chi connectivity index (χ0v) is 52.3. The lowest BCUT2D eigenvalue weighted by Crippen LogP contribution is -2.43. The number of methoxy groups -OCH3 is 1. The standard InChI is InChI=1S/C20H26N4O2S.C18H24N4O2S.C17H22N4O3S.5ClH/c21-19-14-18(6-7-20(19)23-11-3-9-22-10-13-23)27(25,26)24-12-8-16-4-1-2-5-17(16)15-24;1-21-10-5-11-22(13-12-21)18-9-8-16(14-17(18)19)25(23,24)20-15-6-3-2-4-7-15;1-24-17-5-3-2-4-15(17)20-25(22,23)13-6-7-16(14(18)12-13)21-10-8-19-9-11-21;;;;;/h1-2,4-7,14,22H,3,8-13,15,21H2;2-4,6-9,14,20H,5,10-13,19H2,1H3;2-7,12,19-20H,8-11,18H2,1H3;5*1H. The molecule has 19 nitrogen and oxygen atoms in total. The molecule has 10 N–H and O–H groups in total. The van der Waals surface area contributed by atoms with Gasteiger partial charge in [-0.15, -0.1) is 62.0 Å². The SMILES string of the molecule is CN1CCCN(c2ccc(S(=O)(=O)Nc3ccccc3)cc2N)CC1.COc1ccccc1NS(=O)(=O)c1ccc(N2CCNCC2)c(N)c1.Cl.Cl.Cl.Cl.Cl.Nc1cc(S(=O)(=O)N2CCc3ccccc3C2)ccc1N1CCCNCC1. The number of nitrogen functional groups attached to an aromatic ring is 3. The van der Waals surface area contributed by atoms with E-state index in [4.69, 9.17) is 21.9 Å². The van der Waals surface area contributed by atoms with E-state index < -0.39 is 30.1 Å². The molecule has 0 atom stereocenters. The molecule has 0 unspecified atom stereocenters. The number of nitrogens with two attached hydrogens (primary N) is 3. The van der Waals surface area contributed by atoms with Crippen LogP contribution in [0.3, 0.4) is 0 Å². The molecule has 0 aromatic heterocycles. The van der Waals surface area contributed by atoms with Crippen LogP contribution >= 0.6 is 62.0 Å². The molecule has 452 valence electrons. The van der Waals surface area contributed by atoms with Crippen molar-refractivity contribution in [2.75, 3.05) is 141 Å². The van der Waals surface area contributed by atoms with Gasteiger partial charge in [0, 0.05) is 84.2 Å². The Kier molecular flexibility index (Phi) is 28.2. The lowest BCUT2D eigenvalue weighted by atomic mass is 10.0. The zero-order chi connectivity index (χ0) is 54.6. The summed E-state index contributed by atoms with van der Waals surface area (Å²) in [6, 6.07) is 38.7. The van der Waals surface area contributed by atoms with Crippen molar-refractivity contribution >= 4 is 138 Å². The van der Waals surface area contributed by atoms with Gasteiger partial charge in [-0.3, -0.25) is 9.44 Å². The number of hydrogen-bond donors (Lipinski definition) is 7. The van der Waals surface area contributed by atoms with Gasteiger partial charge < -0.3 is 52.2 Å². The fourth-order valence-electron chi connectivity index (χ4n) is 9.71. The number of ether oxygens (including phenoxy) is 1. The number of rotatable bonds is 12. The predicted molar refractivity (Wildman–Crippen MR) is 347 cm³/mol. The van der Waals surface area contributed by atoms with Crippen LogP contribution in [0.15, 0.2) is 148 Å². The van der Waals surface area contributed by atoms with E-state index in [0.29, 0.717) is 47.3 Å². The van der Waals surface area contributed by atoms with E-state index in [1.165, 1.54) is 24.8 Å². The maximum Gasteiger partial charge on any atom is 0.262 e. The molecule has 3 saturated heterocycles. The van der Waals surface area contributed by atoms with Crippen LogP contribution in [0.1, 0.15) is 24.0 Å². The zero-order valence-electron chi connectivity index (χ0n) is 45.8. The second kappa shape index (κ2) is 32.6. The third-order valence-electron chi connectivity index (χ3n) is 13.9. The van der Waals surface area contributed by atoms with E-state index in [-0.39, 0.29) is 76.7 Å². The van der Waals surface area contributed by atoms with Crippen LogP contribution in [-0.4, -0.2) is 134 Å². The van der Waals surface area contributed by atoms with Gasteiger partial charge in [-0.05, 0) is 129 Å². The van der Waals surface area contributed by atoms with E-state index in [0.717, 1.165) is 120 Å². The molecule has 4 heterocycles. The minimum Gasteiger partial charge on any atom is -0.495 e. The monoisotopic (exact) mass is 1290 g/mol. The van der Waals surface area contributed by atoms with E-state index in [1.54, 1.807) is 89.2 Å². The van der Waals surface area contributed by atoms with Gasteiger partial charge in [0.1, 0.15) is 5.75 Å². The highest BCUT2D eigenvalue weighted by atomic mass is 35.5. The van der Waals surface area contributed by atoms with Crippen LogP contribution in [0.2, 0.25) is 0 Å². The molecule has 4 aliphatic heterocycles. The summed E-state index contributed by atoms with van der Waals surface area (Å²) in [5.41, 5.74) is 25.9. The summed E-state index contributed by atoms with van der Waals surface area (Å²) >= 11 is 0. The van der Waals surface area contributed by atoms with Gasteiger partial charge >= 0.3 is 0 Å². The van der Waals surface area contributed by atoms with Crippen LogP contribution < -0.4 is 56.7 Å². The first-order valence-corrected chi connectivity index (χ1v) is 30.3. The summed E-state index contributed by atoms with van der Waals surface area (Å²) in [6.45, 7) is 11.9. The molecular formula is C55H77Cl5N12O7S3. The Labute approximate surface area is 515 Å². The first kappa shape index (κ1) is 70.9. The number of nitrogens with zero attached hydrogens (tertiary/aromatic N) is 5. The third kappa shape index (κ3) is 18.3. The Hall–Kier alpha value is -5.34. The van der Waals surface area contributed by atoms with Crippen LogP contribution in [0, 0.1) is 0 Å². The number of piperazine rings is 1. The van der Waals surface area contributed by atoms with Gasteiger partial charge in [-0.2, -0.15) is 4.31 Å². The smallest absolute Gasteiger partial charge is 0.262 e. The molecule has 10 rings (SSSR count). The highest BCUT2D eigenvalue weighted by Crippen LogP contribution is 2.33. The Bertz CT molecular complexity index is 3310. The van der Waals surface area contributed by atoms with Gasteiger partial charge in [0.25, 0.3) is 20.0 Å². The number of likely N-dealkylation sites (N-methyl/N-ethyl adjacent to an activating group) is 1. The van der Waals surface area contributed by atoms with Crippen molar-refractivity contribution in [2.24, 2.45) is 0 Å². The van der Waals surface area contributed by atoms with Crippen molar-refractivity contribution in [1.82, 2.24) is 19.8 Å². The van der Waals surface area contributed by atoms with E-state index >= 15 is 0 Å². The molecule has 4 aliphatic rings. The molecule has 0 amide bonds. The normalized spacial score (nSPS) is 15.8. The van der Waals surface area contributed by atoms with Crippen LogP contribution in [0.25, 0.3) is 0 Å². The Balaban J connectivity index is 0.000000313. The summed E-state index contributed by atoms with van der Waals surface area (Å²) in [4.78, 5) is 9.45. The first-order valence-electron chi connectivity index (χ1n) is 25.9. The number of nitrogens with one attached hydrogen (secondary N) is 4. The highest BCUT2D eigenvalue weighted by molar-refractivity contribution is 7.93. The van der Waals surface area contributed by atoms with Gasteiger partial charge in [0.15, 0.2) is 0 Å². The largest absolute Gasteiger partial charge is 0.495 e. The van der Waals surface area contributed by atoms with Crippen molar-refractivity contribution in [3.8, 4) is 5.75 Å². The summed E-state index contributed by atoms with van der Waals surface area (Å²) in [5.74, 6) is 0.455. The number of halogens is 5. The van der Waals surface area contributed by atoms with E-state index in [2.05, 4.69) is 52.8 Å². The maximum absolute atomic E-state index is 13.1. The molecule has 0 spiro atoms. The summed E-state index contributed by atoms with van der Waals surface area (Å²) in [6.07, 6.45) is 2.85. The van der Waals surface area contributed by atoms with Crippen molar-refractivity contribution in [1.29, 1.82) is 0 Å². The van der Waals surface area contributed by atoms with Crippen molar-refractivity contribution in [3.63, 3.8) is 0 Å².